The van der Waals surface area contributed by atoms with Gasteiger partial charge in [0.25, 0.3) is 17.5 Å². The van der Waals surface area contributed by atoms with Gasteiger partial charge in [-0.15, -0.1) is 0 Å². The molecule has 0 unspecified atom stereocenters. The van der Waals surface area contributed by atoms with E-state index in [0.29, 0.717) is 16.1 Å². The van der Waals surface area contributed by atoms with Crippen molar-refractivity contribution in [2.75, 3.05) is 5.32 Å². The van der Waals surface area contributed by atoms with Crippen LogP contribution in [0.15, 0.2) is 72.4 Å². The Kier molecular flexibility index (Phi) is 7.94. The van der Waals surface area contributed by atoms with E-state index in [1.54, 1.807) is 18.2 Å². The van der Waals surface area contributed by atoms with Crippen molar-refractivity contribution in [3.8, 4) is 0 Å². The summed E-state index contributed by atoms with van der Waals surface area (Å²) < 4.78 is 0. The number of benzene rings is 3. The van der Waals surface area contributed by atoms with Gasteiger partial charge in [0.05, 0.1) is 15.6 Å². The van der Waals surface area contributed by atoms with Crippen molar-refractivity contribution in [1.29, 1.82) is 0 Å². The smallest absolute Gasteiger partial charge is 0.272 e. The van der Waals surface area contributed by atoms with Crippen molar-refractivity contribution in [3.63, 3.8) is 0 Å². The molecule has 0 atom stereocenters. The summed E-state index contributed by atoms with van der Waals surface area (Å²) in [5, 5.41) is 16.8. The number of hydrogen-bond acceptors (Lipinski definition) is 4. The number of nitro benzene ring substituents is 1. The molecule has 9 heteroatoms. The van der Waals surface area contributed by atoms with Crippen LogP contribution in [0.3, 0.4) is 0 Å². The van der Waals surface area contributed by atoms with Crippen LogP contribution in [0.5, 0.6) is 0 Å². The molecule has 180 valence electrons. The normalized spacial score (nSPS) is 11.6. The molecule has 0 aliphatic carbocycles. The largest absolute Gasteiger partial charge is 0.319 e. The van der Waals surface area contributed by atoms with Crippen LogP contribution in [0.2, 0.25) is 10.0 Å². The molecule has 0 aliphatic heterocycles. The molecule has 7 nitrogen and oxygen atoms in total. The number of rotatable bonds is 6. The van der Waals surface area contributed by atoms with Crippen molar-refractivity contribution < 1.29 is 14.5 Å². The fraction of sp³-hybridized carbons (Fsp3) is 0.154. The number of carbonyl (C=O) groups is 2. The van der Waals surface area contributed by atoms with Crippen LogP contribution >= 0.6 is 23.2 Å². The Morgan fingerprint density at radius 1 is 0.943 bits per heavy atom. The number of amides is 2. The zero-order chi connectivity index (χ0) is 25.8. The lowest BCUT2D eigenvalue weighted by Gasteiger charge is -2.19. The molecule has 0 bridgehead atoms. The van der Waals surface area contributed by atoms with E-state index in [4.69, 9.17) is 23.2 Å². The van der Waals surface area contributed by atoms with Crippen molar-refractivity contribution >= 4 is 52.5 Å². The van der Waals surface area contributed by atoms with Gasteiger partial charge in [-0.3, -0.25) is 19.7 Å². The molecular weight excluding hydrogens is 489 g/mol. The highest BCUT2D eigenvalue weighted by Crippen LogP contribution is 2.26. The number of anilines is 1. The Bertz CT molecular complexity index is 1300. The number of carbonyl (C=O) groups excluding carboxylic acids is 2. The lowest BCUT2D eigenvalue weighted by molar-refractivity contribution is -0.384. The Labute approximate surface area is 212 Å². The summed E-state index contributed by atoms with van der Waals surface area (Å²) in [6.07, 6.45) is 1.42. The number of nitro groups is 1. The third-order valence-corrected chi connectivity index (χ3v) is 5.66. The van der Waals surface area contributed by atoms with E-state index in [-0.39, 0.29) is 27.5 Å². The average molecular weight is 512 g/mol. The van der Waals surface area contributed by atoms with Gasteiger partial charge in [-0.05, 0) is 65.1 Å². The molecule has 0 spiro atoms. The van der Waals surface area contributed by atoms with Crippen LogP contribution < -0.4 is 10.6 Å². The van der Waals surface area contributed by atoms with Crippen LogP contribution in [0, 0.1) is 10.1 Å². The molecule has 0 saturated carbocycles. The molecule has 0 heterocycles. The van der Waals surface area contributed by atoms with Crippen molar-refractivity contribution in [2.24, 2.45) is 0 Å². The maximum absolute atomic E-state index is 13.1. The Morgan fingerprint density at radius 2 is 1.57 bits per heavy atom. The van der Waals surface area contributed by atoms with Gasteiger partial charge in [-0.2, -0.15) is 0 Å². The first-order valence-electron chi connectivity index (χ1n) is 10.6. The summed E-state index contributed by atoms with van der Waals surface area (Å²) in [7, 11) is 0. The molecule has 0 radical (unpaired) electrons. The Morgan fingerprint density at radius 3 is 2.14 bits per heavy atom. The molecule has 2 amide bonds. The highest BCUT2D eigenvalue weighted by atomic mass is 35.5. The van der Waals surface area contributed by atoms with Gasteiger partial charge in [0.2, 0.25) is 0 Å². The Hall–Kier alpha value is -3.68. The predicted octanol–water partition coefficient (Wildman–Crippen LogP) is 6.61. The first-order valence-corrected chi connectivity index (χ1v) is 11.3. The quantitative estimate of drug-likeness (QED) is 0.221. The minimum atomic E-state index is -0.646. The number of nitrogens with one attached hydrogen (secondary N) is 2. The molecular formula is C26H23Cl2N3O4. The first-order chi connectivity index (χ1) is 16.4. The Balaban J connectivity index is 1.92. The molecule has 3 aromatic rings. The second kappa shape index (κ2) is 10.7. The lowest BCUT2D eigenvalue weighted by atomic mass is 9.87. The standard InChI is InChI=1S/C26H23Cl2N3O4/c1-26(2,3)18-8-6-17(7-9-18)24(32)30-23(14-16-4-11-20(12-5-16)31(34)35)25(33)29-22-15-19(27)10-13-21(22)28/h4-15H,1-3H3,(H,29,33)(H,30,32)/b23-14-. The molecule has 0 aromatic heterocycles. The van der Waals surface area contributed by atoms with Crippen LogP contribution in [-0.2, 0) is 10.2 Å². The number of nitrogens with zero attached hydrogens (tertiary/aromatic N) is 1. The molecule has 3 aromatic carbocycles. The fourth-order valence-corrected chi connectivity index (χ4v) is 3.45. The zero-order valence-electron chi connectivity index (χ0n) is 19.3. The summed E-state index contributed by atoms with van der Waals surface area (Å²) in [5.74, 6) is -1.14. The average Bonchev–Trinajstić information content (AvgIpc) is 2.80. The van der Waals surface area contributed by atoms with Gasteiger partial charge in [-0.1, -0.05) is 56.1 Å². The number of halogens is 2. The molecule has 35 heavy (non-hydrogen) atoms. The third-order valence-electron chi connectivity index (χ3n) is 5.10. The summed E-state index contributed by atoms with van der Waals surface area (Å²) in [4.78, 5) is 36.5. The van der Waals surface area contributed by atoms with E-state index in [1.165, 1.54) is 42.5 Å². The predicted molar refractivity (Wildman–Crippen MR) is 139 cm³/mol. The third kappa shape index (κ3) is 6.91. The maximum atomic E-state index is 13.1. The second-order valence-electron chi connectivity index (χ2n) is 8.77. The van der Waals surface area contributed by atoms with Gasteiger partial charge >= 0.3 is 0 Å². The van der Waals surface area contributed by atoms with Gasteiger partial charge < -0.3 is 10.6 Å². The molecule has 0 aliphatic rings. The highest BCUT2D eigenvalue weighted by molar-refractivity contribution is 6.36. The molecule has 2 N–H and O–H groups in total. The summed E-state index contributed by atoms with van der Waals surface area (Å²) in [5.41, 5.74) is 1.90. The lowest BCUT2D eigenvalue weighted by Crippen LogP contribution is -2.31. The van der Waals surface area contributed by atoms with E-state index in [0.717, 1.165) is 5.56 Å². The topological polar surface area (TPSA) is 101 Å². The van der Waals surface area contributed by atoms with Crippen LogP contribution in [0.1, 0.15) is 42.3 Å². The van der Waals surface area contributed by atoms with Gasteiger partial charge in [0.15, 0.2) is 0 Å². The van der Waals surface area contributed by atoms with E-state index in [9.17, 15) is 19.7 Å². The summed E-state index contributed by atoms with van der Waals surface area (Å²) in [6, 6.07) is 17.3. The van der Waals surface area contributed by atoms with Crippen LogP contribution in [0.4, 0.5) is 11.4 Å². The number of non-ortho nitro benzene ring substituents is 1. The SMILES string of the molecule is CC(C)(C)c1ccc(C(=O)N/C(=C\c2ccc([N+](=O)[O-])cc2)C(=O)Nc2cc(Cl)ccc2Cl)cc1. The van der Waals surface area contributed by atoms with Crippen LogP contribution in [0.25, 0.3) is 6.08 Å². The van der Waals surface area contributed by atoms with Crippen molar-refractivity contribution in [2.45, 2.75) is 26.2 Å². The van der Waals surface area contributed by atoms with Gasteiger partial charge in [-0.25, -0.2) is 0 Å². The molecule has 0 saturated heterocycles. The second-order valence-corrected chi connectivity index (χ2v) is 9.61. The summed E-state index contributed by atoms with van der Waals surface area (Å²) in [6.45, 7) is 6.20. The minimum absolute atomic E-state index is 0.0773. The molecule has 0 fully saturated rings. The van der Waals surface area contributed by atoms with Gasteiger partial charge in [0.1, 0.15) is 5.70 Å². The summed E-state index contributed by atoms with van der Waals surface area (Å²) >= 11 is 12.2. The zero-order valence-corrected chi connectivity index (χ0v) is 20.8. The van der Waals surface area contributed by atoms with Crippen LogP contribution in [-0.4, -0.2) is 16.7 Å². The maximum Gasteiger partial charge on any atom is 0.272 e. The van der Waals surface area contributed by atoms with E-state index < -0.39 is 16.7 Å². The first kappa shape index (κ1) is 25.9. The monoisotopic (exact) mass is 511 g/mol. The highest BCUT2D eigenvalue weighted by Gasteiger charge is 2.18. The van der Waals surface area contributed by atoms with Crippen molar-refractivity contribution in [3.05, 3.63) is 109 Å². The number of hydrogen-bond donors (Lipinski definition) is 2. The van der Waals surface area contributed by atoms with Crippen molar-refractivity contribution in [1.82, 2.24) is 5.32 Å². The fourth-order valence-electron chi connectivity index (χ4n) is 3.12. The minimum Gasteiger partial charge on any atom is -0.319 e. The van der Waals surface area contributed by atoms with E-state index in [1.807, 2.05) is 12.1 Å². The van der Waals surface area contributed by atoms with E-state index >= 15 is 0 Å². The molecule has 3 rings (SSSR count). The van der Waals surface area contributed by atoms with E-state index in [2.05, 4.69) is 31.4 Å². The van der Waals surface area contributed by atoms with Gasteiger partial charge in [0, 0.05) is 22.7 Å².